The summed E-state index contributed by atoms with van der Waals surface area (Å²) in [6.45, 7) is 1.28. The Morgan fingerprint density at radius 1 is 1.31 bits per heavy atom. The number of hydrogen-bond acceptors (Lipinski definition) is 1. The van der Waals surface area contributed by atoms with Crippen LogP contribution in [0.1, 0.15) is 15.9 Å². The molecule has 0 amide bonds. The molecule has 0 N–H and O–H groups in total. The average molecular weight is 364 g/mol. The van der Waals surface area contributed by atoms with Crippen molar-refractivity contribution in [3.05, 3.63) is 32.0 Å². The minimum atomic E-state index is -5.10. The van der Waals surface area contributed by atoms with Crippen LogP contribution in [0.15, 0.2) is 15.0 Å². The van der Waals surface area contributed by atoms with Gasteiger partial charge in [-0.15, -0.1) is 0 Å². The zero-order valence-electron chi connectivity index (χ0n) is 7.75. The van der Waals surface area contributed by atoms with Gasteiger partial charge in [-0.3, -0.25) is 4.79 Å². The molecule has 0 aromatic heterocycles. The lowest BCUT2D eigenvalue weighted by Crippen LogP contribution is -2.24. The first-order valence-electron chi connectivity index (χ1n) is 3.92. The Hall–Kier alpha value is -0.430. The number of carbonyl (C=O) groups excluding carboxylic acids is 1. The van der Waals surface area contributed by atoms with E-state index < -0.39 is 23.3 Å². The van der Waals surface area contributed by atoms with Crippen LogP contribution in [0.25, 0.3) is 0 Å². The molecule has 1 rings (SSSR count). The largest absolute Gasteiger partial charge is 0.455 e. The molecule has 1 aromatic carbocycles. The van der Waals surface area contributed by atoms with Crippen LogP contribution in [-0.4, -0.2) is 12.0 Å². The monoisotopic (exact) mass is 362 g/mol. The lowest BCUT2D eigenvalue weighted by Gasteiger charge is -2.11. The molecule has 0 fully saturated rings. The summed E-state index contributed by atoms with van der Waals surface area (Å²) < 4.78 is 50.0. The summed E-state index contributed by atoms with van der Waals surface area (Å²) in [5.41, 5.74) is -1.04. The number of aryl methyl sites for hydroxylation is 1. The summed E-state index contributed by atoms with van der Waals surface area (Å²) in [4.78, 5) is 11.0. The minimum Gasteiger partial charge on any atom is -0.284 e. The predicted octanol–water partition coefficient (Wildman–Crippen LogP) is 4.40. The van der Waals surface area contributed by atoms with E-state index in [0.29, 0.717) is 0 Å². The molecule has 0 spiro atoms. The topological polar surface area (TPSA) is 17.1 Å². The molecular weight excluding hydrogens is 360 g/mol. The number of rotatable bonds is 1. The Kier molecular flexibility index (Phi) is 3.79. The first-order valence-corrected chi connectivity index (χ1v) is 5.50. The van der Waals surface area contributed by atoms with E-state index in [0.717, 1.165) is 0 Å². The van der Waals surface area contributed by atoms with Crippen molar-refractivity contribution in [3.8, 4) is 0 Å². The molecule has 0 atom stereocenters. The van der Waals surface area contributed by atoms with E-state index >= 15 is 0 Å². The van der Waals surface area contributed by atoms with Crippen molar-refractivity contribution in [2.75, 3.05) is 0 Å². The van der Waals surface area contributed by atoms with Crippen molar-refractivity contribution < 1.29 is 22.4 Å². The number of hydrogen-bond donors (Lipinski definition) is 0. The molecule has 0 aliphatic heterocycles. The molecule has 88 valence electrons. The van der Waals surface area contributed by atoms with Crippen LogP contribution in [-0.2, 0) is 0 Å². The third-order valence-corrected chi connectivity index (χ3v) is 3.80. The van der Waals surface area contributed by atoms with Gasteiger partial charge in [0.05, 0.1) is 5.56 Å². The summed E-state index contributed by atoms with van der Waals surface area (Å²) in [6.07, 6.45) is -5.10. The van der Waals surface area contributed by atoms with E-state index in [-0.39, 0.29) is 14.5 Å². The van der Waals surface area contributed by atoms with Gasteiger partial charge in [0.25, 0.3) is 5.78 Å². The SMILES string of the molecule is Cc1cc(Br)c(Br)c(C(=O)C(F)(F)F)c1F. The van der Waals surface area contributed by atoms with Crippen molar-refractivity contribution in [2.45, 2.75) is 13.1 Å². The fraction of sp³-hybridized carbons (Fsp3) is 0.222. The molecule has 0 aliphatic rings. The van der Waals surface area contributed by atoms with E-state index in [1.165, 1.54) is 13.0 Å². The van der Waals surface area contributed by atoms with E-state index in [4.69, 9.17) is 0 Å². The lowest BCUT2D eigenvalue weighted by molar-refractivity contribution is -0.0888. The first kappa shape index (κ1) is 13.6. The highest BCUT2D eigenvalue weighted by Crippen LogP contribution is 2.34. The normalized spacial score (nSPS) is 11.7. The van der Waals surface area contributed by atoms with Crippen molar-refractivity contribution in [1.29, 1.82) is 0 Å². The zero-order chi connectivity index (χ0) is 12.7. The molecule has 0 radical (unpaired) electrons. The molecular formula is C9H4Br2F4O. The van der Waals surface area contributed by atoms with Crippen LogP contribution in [0.3, 0.4) is 0 Å². The van der Waals surface area contributed by atoms with Gasteiger partial charge < -0.3 is 0 Å². The summed E-state index contributed by atoms with van der Waals surface area (Å²) in [7, 11) is 0. The van der Waals surface area contributed by atoms with E-state index in [9.17, 15) is 22.4 Å². The smallest absolute Gasteiger partial charge is 0.284 e. The summed E-state index contributed by atoms with van der Waals surface area (Å²) in [6, 6.07) is 1.28. The number of ketones is 1. The molecule has 1 nitrogen and oxygen atoms in total. The highest BCUT2D eigenvalue weighted by Gasteiger charge is 2.42. The third kappa shape index (κ3) is 2.45. The van der Waals surface area contributed by atoms with Crippen molar-refractivity contribution in [3.63, 3.8) is 0 Å². The maximum absolute atomic E-state index is 13.5. The van der Waals surface area contributed by atoms with E-state index in [2.05, 4.69) is 31.9 Å². The highest BCUT2D eigenvalue weighted by molar-refractivity contribution is 9.13. The Labute approximate surface area is 105 Å². The number of carbonyl (C=O) groups is 1. The quantitative estimate of drug-likeness (QED) is 0.410. The number of benzene rings is 1. The Balaban J connectivity index is 3.50. The number of Topliss-reactive ketones (excluding diaryl/α,β-unsaturated/α-hetero) is 1. The van der Waals surface area contributed by atoms with E-state index in [1.807, 2.05) is 0 Å². The predicted molar refractivity (Wildman–Crippen MR) is 56.9 cm³/mol. The fourth-order valence-electron chi connectivity index (χ4n) is 1.07. The molecule has 1 aromatic rings. The van der Waals surface area contributed by atoms with Crippen molar-refractivity contribution >= 4 is 37.6 Å². The molecule has 0 unspecified atom stereocenters. The van der Waals surface area contributed by atoms with Gasteiger partial charge in [0.15, 0.2) is 0 Å². The molecule has 0 bridgehead atoms. The Morgan fingerprint density at radius 2 is 1.81 bits per heavy atom. The second-order valence-corrected chi connectivity index (χ2v) is 4.65. The van der Waals surface area contributed by atoms with Crippen LogP contribution in [0, 0.1) is 12.7 Å². The van der Waals surface area contributed by atoms with Crippen molar-refractivity contribution in [2.24, 2.45) is 0 Å². The van der Waals surface area contributed by atoms with Crippen LogP contribution in [0.2, 0.25) is 0 Å². The van der Waals surface area contributed by atoms with Crippen LogP contribution in [0.5, 0.6) is 0 Å². The summed E-state index contributed by atoms with van der Waals surface area (Å²) in [5, 5.41) is 0. The van der Waals surface area contributed by atoms with E-state index in [1.54, 1.807) is 0 Å². The Bertz CT molecular complexity index is 428. The molecule has 0 heterocycles. The van der Waals surface area contributed by atoms with Gasteiger partial charge >= 0.3 is 6.18 Å². The molecule has 0 aliphatic carbocycles. The van der Waals surface area contributed by atoms with Gasteiger partial charge in [-0.1, -0.05) is 0 Å². The van der Waals surface area contributed by atoms with Gasteiger partial charge in [-0.25, -0.2) is 4.39 Å². The van der Waals surface area contributed by atoms with Gasteiger partial charge in [0.2, 0.25) is 0 Å². The lowest BCUT2D eigenvalue weighted by atomic mass is 10.1. The number of alkyl halides is 3. The van der Waals surface area contributed by atoms with Gasteiger partial charge in [0.1, 0.15) is 5.82 Å². The second-order valence-electron chi connectivity index (χ2n) is 3.01. The summed E-state index contributed by atoms with van der Waals surface area (Å²) in [5.74, 6) is -3.38. The minimum absolute atomic E-state index is 0.0392. The maximum atomic E-state index is 13.5. The fourth-order valence-corrected chi connectivity index (χ4v) is 2.08. The van der Waals surface area contributed by atoms with Crippen molar-refractivity contribution in [1.82, 2.24) is 0 Å². The second kappa shape index (κ2) is 4.44. The van der Waals surface area contributed by atoms with Gasteiger partial charge in [0, 0.05) is 8.95 Å². The molecule has 0 saturated heterocycles. The molecule has 0 saturated carbocycles. The standard InChI is InChI=1S/C9H4Br2F4O/c1-3-2-4(10)6(11)5(7(3)12)8(16)9(13,14)15/h2H,1H3. The third-order valence-electron chi connectivity index (χ3n) is 1.82. The van der Waals surface area contributed by atoms with Crippen LogP contribution < -0.4 is 0 Å². The van der Waals surface area contributed by atoms with Gasteiger partial charge in [-0.2, -0.15) is 13.2 Å². The molecule has 16 heavy (non-hydrogen) atoms. The van der Waals surface area contributed by atoms with Crippen LogP contribution >= 0.6 is 31.9 Å². The first-order chi connectivity index (χ1) is 7.16. The zero-order valence-corrected chi connectivity index (χ0v) is 10.9. The average Bonchev–Trinajstić information content (AvgIpc) is 2.13. The summed E-state index contributed by atoms with van der Waals surface area (Å²) >= 11 is 5.68. The molecule has 7 heteroatoms. The number of halogens is 6. The highest BCUT2D eigenvalue weighted by atomic mass is 79.9. The van der Waals surface area contributed by atoms with Gasteiger partial charge in [-0.05, 0) is 50.4 Å². The maximum Gasteiger partial charge on any atom is 0.455 e. The Morgan fingerprint density at radius 3 is 2.25 bits per heavy atom. The van der Waals surface area contributed by atoms with Crippen LogP contribution in [0.4, 0.5) is 17.6 Å².